The highest BCUT2D eigenvalue weighted by molar-refractivity contribution is 6.01. The van der Waals surface area contributed by atoms with Gasteiger partial charge in [-0.2, -0.15) is 0 Å². The van der Waals surface area contributed by atoms with E-state index in [4.69, 9.17) is 4.74 Å². The molecule has 0 aromatic heterocycles. The van der Waals surface area contributed by atoms with E-state index in [9.17, 15) is 9.59 Å². The Morgan fingerprint density at radius 1 is 0.919 bits per heavy atom. The van der Waals surface area contributed by atoms with Gasteiger partial charge in [-0.1, -0.05) is 67.1 Å². The summed E-state index contributed by atoms with van der Waals surface area (Å²) in [6.07, 6.45) is 3.51. The predicted molar refractivity (Wildman–Crippen MR) is 147 cm³/mol. The number of benzene rings is 3. The molecule has 0 radical (unpaired) electrons. The molecule has 1 N–H and O–H groups in total. The van der Waals surface area contributed by atoms with E-state index in [1.54, 1.807) is 6.92 Å². The van der Waals surface area contributed by atoms with Crippen LogP contribution in [0.3, 0.4) is 0 Å². The lowest BCUT2D eigenvalue weighted by Crippen LogP contribution is -2.48. The number of nitrogens with one attached hydrogen (secondary N) is 1. The van der Waals surface area contributed by atoms with Gasteiger partial charge in [-0.05, 0) is 62.2 Å². The molecule has 3 aromatic carbocycles. The molecule has 0 aliphatic carbocycles. The molecule has 1 unspecified atom stereocenters. The number of carbonyl (C=O) groups is 2. The van der Waals surface area contributed by atoms with E-state index < -0.39 is 6.10 Å². The molecule has 192 valence electrons. The molecule has 37 heavy (non-hydrogen) atoms. The zero-order chi connectivity index (χ0) is 25.6. The van der Waals surface area contributed by atoms with E-state index in [-0.39, 0.29) is 17.7 Å². The fourth-order valence-corrected chi connectivity index (χ4v) is 5.34. The second kappa shape index (κ2) is 11.6. The van der Waals surface area contributed by atoms with Crippen molar-refractivity contribution >= 4 is 23.2 Å². The van der Waals surface area contributed by atoms with Crippen LogP contribution in [0.5, 0.6) is 5.75 Å². The highest BCUT2D eigenvalue weighted by Crippen LogP contribution is 2.37. The minimum Gasteiger partial charge on any atom is -0.479 e. The molecule has 0 bridgehead atoms. The number of rotatable bonds is 8. The van der Waals surface area contributed by atoms with Gasteiger partial charge in [-0.25, -0.2) is 0 Å². The Labute approximate surface area is 219 Å². The van der Waals surface area contributed by atoms with Crippen LogP contribution < -0.4 is 15.0 Å². The molecule has 2 heterocycles. The van der Waals surface area contributed by atoms with E-state index in [1.165, 1.54) is 19.3 Å². The minimum absolute atomic E-state index is 0.0406. The molecule has 6 heteroatoms. The summed E-state index contributed by atoms with van der Waals surface area (Å²) >= 11 is 0. The quantitative estimate of drug-likeness (QED) is 0.450. The lowest BCUT2D eigenvalue weighted by Gasteiger charge is -2.35. The van der Waals surface area contributed by atoms with Crippen LogP contribution in [-0.2, 0) is 9.59 Å². The molecular formula is C31H35N3O3. The number of carbonyl (C=O) groups excluding carboxylic acids is 2. The van der Waals surface area contributed by atoms with Crippen molar-refractivity contribution < 1.29 is 14.3 Å². The van der Waals surface area contributed by atoms with E-state index in [0.29, 0.717) is 24.4 Å². The van der Waals surface area contributed by atoms with Gasteiger partial charge in [-0.3, -0.25) is 9.59 Å². The van der Waals surface area contributed by atoms with Crippen molar-refractivity contribution in [1.82, 2.24) is 4.90 Å². The average Bonchev–Trinajstić information content (AvgIpc) is 2.94. The zero-order valence-corrected chi connectivity index (χ0v) is 21.4. The van der Waals surface area contributed by atoms with Crippen molar-refractivity contribution in [2.45, 2.75) is 44.6 Å². The number of anilines is 2. The van der Waals surface area contributed by atoms with E-state index in [1.807, 2.05) is 59.5 Å². The maximum absolute atomic E-state index is 13.2. The van der Waals surface area contributed by atoms with Crippen molar-refractivity contribution in [3.05, 3.63) is 90.0 Å². The van der Waals surface area contributed by atoms with Crippen LogP contribution in [0, 0.1) is 0 Å². The summed E-state index contributed by atoms with van der Waals surface area (Å²) < 4.78 is 5.89. The number of piperidine rings is 1. The summed E-state index contributed by atoms with van der Waals surface area (Å²) in [5.41, 5.74) is 3.59. The van der Waals surface area contributed by atoms with Crippen molar-refractivity contribution in [1.29, 1.82) is 0 Å². The SMILES string of the molecule is CC1Oc2ccc(NC(=O)CC(c3ccccc3)c3ccccc3)cc2N(CCN2CCCCC2)C1=O. The number of ether oxygens (including phenoxy) is 1. The normalized spacial score (nSPS) is 17.8. The number of likely N-dealkylation sites (tertiary alicyclic amines) is 1. The predicted octanol–water partition coefficient (Wildman–Crippen LogP) is 5.45. The maximum Gasteiger partial charge on any atom is 0.267 e. The third-order valence-corrected chi connectivity index (χ3v) is 7.33. The summed E-state index contributed by atoms with van der Waals surface area (Å²) in [6, 6.07) is 25.8. The first-order valence-electron chi connectivity index (χ1n) is 13.3. The van der Waals surface area contributed by atoms with Crippen LogP contribution in [0.25, 0.3) is 0 Å². The standard InChI is InChI=1S/C31H35N3O3/c1-23-31(36)34(20-19-33-17-9-4-10-18-33)28-21-26(15-16-29(28)37-23)32-30(35)22-27(24-11-5-2-6-12-24)25-13-7-3-8-14-25/h2-3,5-8,11-16,21,23,27H,4,9-10,17-20,22H2,1H3,(H,32,35). The lowest BCUT2D eigenvalue weighted by molar-refractivity contribution is -0.125. The van der Waals surface area contributed by atoms with Crippen molar-refractivity contribution in [2.24, 2.45) is 0 Å². The summed E-state index contributed by atoms with van der Waals surface area (Å²) in [5, 5.41) is 3.07. The first-order chi connectivity index (χ1) is 18.1. The first-order valence-corrected chi connectivity index (χ1v) is 13.3. The second-order valence-electron chi connectivity index (χ2n) is 9.96. The summed E-state index contributed by atoms with van der Waals surface area (Å²) in [5.74, 6) is 0.511. The van der Waals surface area contributed by atoms with Gasteiger partial charge in [0.1, 0.15) is 5.75 Å². The van der Waals surface area contributed by atoms with Crippen molar-refractivity contribution in [3.63, 3.8) is 0 Å². The maximum atomic E-state index is 13.2. The van der Waals surface area contributed by atoms with Crippen molar-refractivity contribution in [2.75, 3.05) is 36.4 Å². The lowest BCUT2D eigenvalue weighted by atomic mass is 9.88. The Balaban J connectivity index is 1.32. The number of hydrogen-bond donors (Lipinski definition) is 1. The molecule has 3 aromatic rings. The van der Waals surface area contributed by atoms with Gasteiger partial charge in [-0.15, -0.1) is 0 Å². The van der Waals surface area contributed by atoms with Gasteiger partial charge < -0.3 is 19.9 Å². The summed E-state index contributed by atoms with van der Waals surface area (Å²) in [7, 11) is 0. The van der Waals surface area contributed by atoms with Crippen LogP contribution in [0.4, 0.5) is 11.4 Å². The molecule has 6 nitrogen and oxygen atoms in total. The summed E-state index contributed by atoms with van der Waals surface area (Å²) in [4.78, 5) is 30.5. The highest BCUT2D eigenvalue weighted by Gasteiger charge is 2.32. The van der Waals surface area contributed by atoms with Gasteiger partial charge in [0, 0.05) is 31.1 Å². The number of nitrogens with zero attached hydrogens (tertiary/aromatic N) is 2. The van der Waals surface area contributed by atoms with Crippen LogP contribution >= 0.6 is 0 Å². The summed E-state index contributed by atoms with van der Waals surface area (Å²) in [6.45, 7) is 5.41. The highest BCUT2D eigenvalue weighted by atomic mass is 16.5. The number of fused-ring (bicyclic) bond motifs is 1. The molecule has 2 amide bonds. The van der Waals surface area contributed by atoms with Crippen LogP contribution in [0.1, 0.15) is 49.7 Å². The van der Waals surface area contributed by atoms with Gasteiger partial charge in [0.25, 0.3) is 5.91 Å². The average molecular weight is 498 g/mol. The molecule has 1 fully saturated rings. The van der Waals surface area contributed by atoms with Gasteiger partial charge in [0.15, 0.2) is 6.10 Å². The smallest absolute Gasteiger partial charge is 0.267 e. The Morgan fingerprint density at radius 2 is 1.57 bits per heavy atom. The largest absolute Gasteiger partial charge is 0.479 e. The molecule has 0 saturated carbocycles. The molecule has 1 atom stereocenters. The van der Waals surface area contributed by atoms with Crippen LogP contribution in [0.2, 0.25) is 0 Å². The first kappa shape index (κ1) is 25.0. The van der Waals surface area contributed by atoms with E-state index in [2.05, 4.69) is 34.5 Å². The second-order valence-corrected chi connectivity index (χ2v) is 9.96. The number of hydrogen-bond acceptors (Lipinski definition) is 4. The zero-order valence-electron chi connectivity index (χ0n) is 21.4. The molecule has 2 aliphatic rings. The monoisotopic (exact) mass is 497 g/mol. The fraction of sp³-hybridized carbons (Fsp3) is 0.355. The molecular weight excluding hydrogens is 462 g/mol. The van der Waals surface area contributed by atoms with Gasteiger partial charge in [0.05, 0.1) is 5.69 Å². The van der Waals surface area contributed by atoms with Crippen LogP contribution in [0.15, 0.2) is 78.9 Å². The number of amides is 2. The Bertz CT molecular complexity index is 1170. The van der Waals surface area contributed by atoms with E-state index >= 15 is 0 Å². The third kappa shape index (κ3) is 6.03. The Kier molecular flexibility index (Phi) is 7.85. The minimum atomic E-state index is -0.521. The van der Waals surface area contributed by atoms with Crippen molar-refractivity contribution in [3.8, 4) is 5.75 Å². The van der Waals surface area contributed by atoms with Gasteiger partial charge in [0.2, 0.25) is 5.91 Å². The Hall–Kier alpha value is -3.64. The van der Waals surface area contributed by atoms with Gasteiger partial charge >= 0.3 is 0 Å². The fourth-order valence-electron chi connectivity index (χ4n) is 5.34. The van der Waals surface area contributed by atoms with E-state index in [0.717, 1.165) is 36.4 Å². The molecule has 5 rings (SSSR count). The third-order valence-electron chi connectivity index (χ3n) is 7.33. The van der Waals surface area contributed by atoms with Crippen LogP contribution in [-0.4, -0.2) is 49.0 Å². The topological polar surface area (TPSA) is 61.9 Å². The molecule has 2 aliphatic heterocycles. The molecule has 1 saturated heterocycles. The Morgan fingerprint density at radius 3 is 2.22 bits per heavy atom. The molecule has 0 spiro atoms.